The van der Waals surface area contributed by atoms with Gasteiger partial charge in [-0.15, -0.1) is 16.4 Å². The molecule has 0 radical (unpaired) electrons. The summed E-state index contributed by atoms with van der Waals surface area (Å²) in [7, 11) is 0. The maximum absolute atomic E-state index is 13.3. The molecule has 4 aromatic rings. The molecule has 2 aromatic heterocycles. The molecule has 0 atom stereocenters. The van der Waals surface area contributed by atoms with Gasteiger partial charge in [0.1, 0.15) is 17.0 Å². The summed E-state index contributed by atoms with van der Waals surface area (Å²) in [6.45, 7) is 0.259. The van der Waals surface area contributed by atoms with Crippen LogP contribution < -0.4 is 10.6 Å². The predicted molar refractivity (Wildman–Crippen MR) is 109 cm³/mol. The molecule has 0 unspecified atom stereocenters. The number of benzene rings is 2. The van der Waals surface area contributed by atoms with E-state index in [9.17, 15) is 14.0 Å². The minimum Gasteiger partial charge on any atom is -0.347 e. The number of carbonyl (C=O) groups is 2. The number of nitrogens with zero attached hydrogens (tertiary/aromatic N) is 4. The SMILES string of the molecule is O=C(Nc1cccc(CNC(=O)c2sccc2-n2cnnn2)c1)c1cccc(F)c1. The van der Waals surface area contributed by atoms with Gasteiger partial charge in [0.05, 0.1) is 5.69 Å². The highest BCUT2D eigenvalue weighted by Gasteiger charge is 2.15. The third-order valence-corrected chi connectivity index (χ3v) is 5.07. The van der Waals surface area contributed by atoms with Crippen molar-refractivity contribution in [1.82, 2.24) is 25.5 Å². The van der Waals surface area contributed by atoms with Gasteiger partial charge >= 0.3 is 0 Å². The third-order valence-electron chi connectivity index (χ3n) is 4.17. The topological polar surface area (TPSA) is 102 Å². The fourth-order valence-corrected chi connectivity index (χ4v) is 3.57. The average Bonchev–Trinajstić information content (AvgIpc) is 3.44. The Balaban J connectivity index is 1.41. The first-order chi connectivity index (χ1) is 14.6. The van der Waals surface area contributed by atoms with E-state index in [0.717, 1.165) is 5.56 Å². The second-order valence-electron chi connectivity index (χ2n) is 6.24. The number of anilines is 1. The standard InChI is InChI=1S/C20H15FN6O2S/c21-15-5-2-4-14(10-15)19(28)24-16-6-1-3-13(9-16)11-22-20(29)18-17(7-8-30-18)27-12-23-25-26-27/h1-10,12H,11H2,(H,22,29)(H,24,28). The fraction of sp³-hybridized carbons (Fsp3) is 0.0500. The van der Waals surface area contributed by atoms with Crippen LogP contribution in [-0.2, 0) is 6.54 Å². The molecule has 0 fully saturated rings. The van der Waals surface area contributed by atoms with Crippen LogP contribution in [0.1, 0.15) is 25.6 Å². The summed E-state index contributed by atoms with van der Waals surface area (Å²) in [4.78, 5) is 25.4. The first kappa shape index (κ1) is 19.4. The molecular formula is C20H15FN6O2S. The zero-order valence-corrected chi connectivity index (χ0v) is 16.3. The lowest BCUT2D eigenvalue weighted by Crippen LogP contribution is -2.23. The molecule has 2 heterocycles. The first-order valence-electron chi connectivity index (χ1n) is 8.85. The molecule has 8 nitrogen and oxygen atoms in total. The Hall–Kier alpha value is -3.92. The van der Waals surface area contributed by atoms with E-state index in [1.54, 1.807) is 29.6 Å². The molecule has 0 saturated carbocycles. The molecule has 0 aliphatic heterocycles. The van der Waals surface area contributed by atoms with Crippen LogP contribution in [0.2, 0.25) is 0 Å². The minimum atomic E-state index is -0.478. The van der Waals surface area contributed by atoms with Crippen LogP contribution in [0.25, 0.3) is 5.69 Å². The van der Waals surface area contributed by atoms with E-state index in [1.165, 1.54) is 46.6 Å². The van der Waals surface area contributed by atoms with Crippen molar-refractivity contribution in [3.8, 4) is 5.69 Å². The fourth-order valence-electron chi connectivity index (χ4n) is 2.78. The van der Waals surface area contributed by atoms with Gasteiger partial charge in [0.25, 0.3) is 11.8 Å². The van der Waals surface area contributed by atoms with Crippen LogP contribution in [-0.4, -0.2) is 32.0 Å². The summed E-state index contributed by atoms with van der Waals surface area (Å²) in [6.07, 6.45) is 1.42. The summed E-state index contributed by atoms with van der Waals surface area (Å²) >= 11 is 1.29. The normalized spacial score (nSPS) is 10.6. The molecule has 2 amide bonds. The summed E-state index contributed by atoms with van der Waals surface area (Å²) in [5.41, 5.74) is 2.16. The molecule has 4 rings (SSSR count). The van der Waals surface area contributed by atoms with E-state index in [2.05, 4.69) is 26.2 Å². The molecule has 0 saturated heterocycles. The maximum Gasteiger partial charge on any atom is 0.263 e. The van der Waals surface area contributed by atoms with Crippen LogP contribution in [0.3, 0.4) is 0 Å². The highest BCUT2D eigenvalue weighted by Crippen LogP contribution is 2.20. The van der Waals surface area contributed by atoms with Gasteiger partial charge in [0.15, 0.2) is 0 Å². The highest BCUT2D eigenvalue weighted by molar-refractivity contribution is 7.12. The predicted octanol–water partition coefficient (Wildman–Crippen LogP) is 3.05. The number of amides is 2. The Morgan fingerprint density at radius 3 is 2.73 bits per heavy atom. The highest BCUT2D eigenvalue weighted by atomic mass is 32.1. The molecule has 2 aromatic carbocycles. The van der Waals surface area contributed by atoms with Gasteiger partial charge in [0.2, 0.25) is 0 Å². The summed E-state index contributed by atoms with van der Waals surface area (Å²) in [6, 6.07) is 14.3. The van der Waals surface area contributed by atoms with Crippen LogP contribution in [0, 0.1) is 5.82 Å². The van der Waals surface area contributed by atoms with E-state index in [1.807, 2.05) is 6.07 Å². The van der Waals surface area contributed by atoms with Gasteiger partial charge in [-0.05, 0) is 57.8 Å². The van der Waals surface area contributed by atoms with Crippen molar-refractivity contribution >= 4 is 28.8 Å². The Bertz CT molecular complexity index is 1190. The number of hydrogen-bond acceptors (Lipinski definition) is 6. The van der Waals surface area contributed by atoms with Crippen LogP contribution >= 0.6 is 11.3 Å². The number of hydrogen-bond donors (Lipinski definition) is 2. The quantitative estimate of drug-likeness (QED) is 0.497. The molecule has 0 aliphatic carbocycles. The second kappa shape index (κ2) is 8.62. The molecular weight excluding hydrogens is 407 g/mol. The number of tetrazole rings is 1. The van der Waals surface area contributed by atoms with Crippen molar-refractivity contribution in [3.63, 3.8) is 0 Å². The van der Waals surface area contributed by atoms with Gasteiger partial charge in [-0.3, -0.25) is 9.59 Å². The van der Waals surface area contributed by atoms with Crippen LogP contribution in [0.5, 0.6) is 0 Å². The Morgan fingerprint density at radius 1 is 1.07 bits per heavy atom. The molecule has 10 heteroatoms. The van der Waals surface area contributed by atoms with Crippen molar-refractivity contribution in [2.24, 2.45) is 0 Å². The van der Waals surface area contributed by atoms with Crippen LogP contribution in [0.4, 0.5) is 10.1 Å². The van der Waals surface area contributed by atoms with Gasteiger partial charge < -0.3 is 10.6 Å². The largest absolute Gasteiger partial charge is 0.347 e. The molecule has 150 valence electrons. The Morgan fingerprint density at radius 2 is 1.93 bits per heavy atom. The Kier molecular flexibility index (Phi) is 5.57. The smallest absolute Gasteiger partial charge is 0.263 e. The van der Waals surface area contributed by atoms with E-state index in [-0.39, 0.29) is 18.0 Å². The number of halogens is 1. The van der Waals surface area contributed by atoms with E-state index in [0.29, 0.717) is 16.3 Å². The van der Waals surface area contributed by atoms with Gasteiger partial charge in [0, 0.05) is 17.8 Å². The second-order valence-corrected chi connectivity index (χ2v) is 7.15. The van der Waals surface area contributed by atoms with E-state index >= 15 is 0 Å². The third kappa shape index (κ3) is 4.39. The van der Waals surface area contributed by atoms with Gasteiger partial charge in [-0.1, -0.05) is 18.2 Å². The van der Waals surface area contributed by atoms with Crippen molar-refractivity contribution in [2.75, 3.05) is 5.32 Å². The Labute approximate surface area is 174 Å². The summed E-state index contributed by atoms with van der Waals surface area (Å²) < 4.78 is 14.7. The van der Waals surface area contributed by atoms with Crippen molar-refractivity contribution in [1.29, 1.82) is 0 Å². The van der Waals surface area contributed by atoms with E-state index in [4.69, 9.17) is 0 Å². The first-order valence-corrected chi connectivity index (χ1v) is 9.73. The van der Waals surface area contributed by atoms with Crippen LogP contribution in [0.15, 0.2) is 66.3 Å². The number of nitrogens with one attached hydrogen (secondary N) is 2. The van der Waals surface area contributed by atoms with Crippen molar-refractivity contribution < 1.29 is 14.0 Å². The van der Waals surface area contributed by atoms with Gasteiger partial charge in [-0.25, -0.2) is 4.39 Å². The minimum absolute atomic E-state index is 0.224. The molecule has 0 spiro atoms. The molecule has 2 N–H and O–H groups in total. The number of thiophene rings is 1. The number of aromatic nitrogens is 4. The monoisotopic (exact) mass is 422 g/mol. The zero-order chi connectivity index (χ0) is 20.9. The van der Waals surface area contributed by atoms with Crippen molar-refractivity contribution in [2.45, 2.75) is 6.54 Å². The lowest BCUT2D eigenvalue weighted by molar-refractivity contribution is 0.0953. The molecule has 30 heavy (non-hydrogen) atoms. The van der Waals surface area contributed by atoms with E-state index < -0.39 is 11.7 Å². The van der Waals surface area contributed by atoms with Crippen molar-refractivity contribution in [3.05, 3.63) is 88.1 Å². The maximum atomic E-state index is 13.3. The number of rotatable bonds is 6. The molecule has 0 bridgehead atoms. The summed E-state index contributed by atoms with van der Waals surface area (Å²) in [5, 5.41) is 18.3. The lowest BCUT2D eigenvalue weighted by atomic mass is 10.1. The average molecular weight is 422 g/mol. The lowest BCUT2D eigenvalue weighted by Gasteiger charge is -2.09. The number of carbonyl (C=O) groups excluding carboxylic acids is 2. The molecule has 0 aliphatic rings. The summed E-state index contributed by atoms with van der Waals surface area (Å²) in [5.74, 6) is -1.15. The zero-order valence-electron chi connectivity index (χ0n) is 15.4. The van der Waals surface area contributed by atoms with Gasteiger partial charge in [-0.2, -0.15) is 4.68 Å².